The Kier molecular flexibility index (Phi) is 7.12. The van der Waals surface area contributed by atoms with E-state index in [2.05, 4.69) is 37.5 Å². The van der Waals surface area contributed by atoms with E-state index in [9.17, 15) is 20.4 Å². The molecule has 2 fully saturated rings. The van der Waals surface area contributed by atoms with Crippen molar-refractivity contribution in [2.45, 2.75) is 109 Å². The van der Waals surface area contributed by atoms with Gasteiger partial charge in [0.1, 0.15) is 0 Å². The quantitative estimate of drug-likeness (QED) is 0.340. The van der Waals surface area contributed by atoms with Crippen LogP contribution in [-0.4, -0.2) is 56.4 Å². The predicted molar refractivity (Wildman–Crippen MR) is 156 cm³/mol. The van der Waals surface area contributed by atoms with Gasteiger partial charge in [0.05, 0.1) is 0 Å². The van der Waals surface area contributed by atoms with Crippen molar-refractivity contribution in [3.63, 3.8) is 0 Å². The van der Waals surface area contributed by atoms with E-state index >= 15 is 0 Å². The van der Waals surface area contributed by atoms with Crippen LogP contribution in [-0.2, 0) is 29.3 Å². The van der Waals surface area contributed by atoms with Gasteiger partial charge in [0.15, 0.2) is 23.0 Å². The van der Waals surface area contributed by atoms with E-state index in [4.69, 9.17) is 0 Å². The Hall–Kier alpha value is -2.44. The Bertz CT molecular complexity index is 1160. The number of nitrogens with zero attached hydrogens (tertiary/aromatic N) is 2. The maximum absolute atomic E-state index is 11.3. The zero-order valence-corrected chi connectivity index (χ0v) is 24.8. The summed E-state index contributed by atoms with van der Waals surface area (Å²) in [5, 5.41) is 44.4. The van der Waals surface area contributed by atoms with Crippen molar-refractivity contribution < 1.29 is 20.4 Å². The first-order chi connectivity index (χ1) is 18.4. The lowest BCUT2D eigenvalue weighted by molar-refractivity contribution is 0.305. The van der Waals surface area contributed by atoms with Crippen LogP contribution in [0.4, 0.5) is 0 Å². The molecule has 0 saturated carbocycles. The normalized spacial score (nSPS) is 22.6. The molecule has 6 rings (SSSR count). The minimum Gasteiger partial charge on any atom is -0.504 e. The van der Waals surface area contributed by atoms with Gasteiger partial charge in [0.25, 0.3) is 0 Å². The average Bonchev–Trinajstić information content (AvgIpc) is 3.65. The number of phenols is 4. The summed E-state index contributed by atoms with van der Waals surface area (Å²) >= 11 is 0. The zero-order chi connectivity index (χ0) is 28.3. The van der Waals surface area contributed by atoms with E-state index in [0.29, 0.717) is 13.1 Å². The topological polar surface area (TPSA) is 87.4 Å². The second-order valence-electron chi connectivity index (χ2n) is 13.5. The number of hydrogen-bond donors (Lipinski definition) is 4. The number of rotatable bonds is 4. The smallest absolute Gasteiger partial charge is 0.162 e. The highest BCUT2D eigenvalue weighted by Crippen LogP contribution is 2.67. The van der Waals surface area contributed by atoms with Gasteiger partial charge in [-0.25, -0.2) is 0 Å². The molecule has 2 aromatic carbocycles. The molecule has 39 heavy (non-hydrogen) atoms. The third-order valence-corrected chi connectivity index (χ3v) is 9.82. The van der Waals surface area contributed by atoms with Crippen molar-refractivity contribution in [3.8, 4) is 23.0 Å². The molecule has 1 spiro atoms. The SMILES string of the molecule is CC.CC1(C)CC2(CC(C)(C)c3cc(O)c(O)c(CN4CCCC4)c32)c2c1cc(O)c(O)c2CN1CCCC1. The maximum Gasteiger partial charge on any atom is 0.162 e. The van der Waals surface area contributed by atoms with Gasteiger partial charge >= 0.3 is 0 Å². The minimum atomic E-state index is -0.419. The number of phenolic OH excluding ortho intramolecular Hbond substituents is 4. The highest BCUT2D eigenvalue weighted by molar-refractivity contribution is 5.70. The lowest BCUT2D eigenvalue weighted by Gasteiger charge is -2.34. The fourth-order valence-corrected chi connectivity index (χ4v) is 8.46. The van der Waals surface area contributed by atoms with Crippen molar-refractivity contribution in [1.29, 1.82) is 0 Å². The summed E-state index contributed by atoms with van der Waals surface area (Å²) in [6.07, 6.45) is 6.28. The second kappa shape index (κ2) is 9.88. The first-order valence-corrected chi connectivity index (χ1v) is 15.1. The van der Waals surface area contributed by atoms with Gasteiger partial charge in [-0.05, 0) is 110 Å². The summed E-state index contributed by atoms with van der Waals surface area (Å²) in [4.78, 5) is 4.77. The first kappa shape index (κ1) is 28.1. The molecule has 4 N–H and O–H groups in total. The summed E-state index contributed by atoms with van der Waals surface area (Å²) in [6, 6.07) is 3.58. The van der Waals surface area contributed by atoms with Gasteiger partial charge in [-0.1, -0.05) is 41.5 Å². The molecule has 2 aliphatic heterocycles. The molecular weight excluding hydrogens is 488 g/mol. The van der Waals surface area contributed by atoms with Crippen molar-refractivity contribution in [2.24, 2.45) is 0 Å². The molecule has 2 saturated heterocycles. The number of aromatic hydroxyl groups is 4. The third-order valence-electron chi connectivity index (χ3n) is 9.82. The number of likely N-dealkylation sites (tertiary alicyclic amines) is 2. The summed E-state index contributed by atoms with van der Waals surface area (Å²) < 4.78 is 0. The van der Waals surface area contributed by atoms with Gasteiger partial charge < -0.3 is 20.4 Å². The molecule has 0 radical (unpaired) electrons. The molecule has 2 aromatic rings. The molecule has 6 heteroatoms. The Morgan fingerprint density at radius 1 is 0.615 bits per heavy atom. The molecule has 214 valence electrons. The molecule has 0 unspecified atom stereocenters. The summed E-state index contributed by atoms with van der Waals surface area (Å²) in [5.41, 5.74) is 5.28. The van der Waals surface area contributed by atoms with Gasteiger partial charge in [-0.2, -0.15) is 0 Å². The molecule has 0 amide bonds. The lowest BCUT2D eigenvalue weighted by Crippen LogP contribution is -2.30. The average molecular weight is 537 g/mol. The van der Waals surface area contributed by atoms with E-state index in [0.717, 1.165) is 98.1 Å². The largest absolute Gasteiger partial charge is 0.504 e. The molecular formula is C33H48N2O4. The fraction of sp³-hybridized carbons (Fsp3) is 0.636. The van der Waals surface area contributed by atoms with Crippen LogP contribution in [0, 0.1) is 0 Å². The van der Waals surface area contributed by atoms with Crippen LogP contribution < -0.4 is 0 Å². The van der Waals surface area contributed by atoms with Crippen molar-refractivity contribution in [2.75, 3.05) is 26.2 Å². The highest BCUT2D eigenvalue weighted by Gasteiger charge is 2.59. The number of benzene rings is 2. The molecule has 2 aliphatic carbocycles. The fourth-order valence-electron chi connectivity index (χ4n) is 8.46. The summed E-state index contributed by atoms with van der Waals surface area (Å²) in [6.45, 7) is 18.2. The minimum absolute atomic E-state index is 0.00178. The van der Waals surface area contributed by atoms with Crippen LogP contribution in [0.3, 0.4) is 0 Å². The molecule has 6 nitrogen and oxygen atoms in total. The van der Waals surface area contributed by atoms with Crippen molar-refractivity contribution >= 4 is 0 Å². The van der Waals surface area contributed by atoms with Crippen LogP contribution in [0.25, 0.3) is 0 Å². The van der Waals surface area contributed by atoms with Gasteiger partial charge in [-0.3, -0.25) is 9.80 Å². The number of fused-ring (bicyclic) bond motifs is 4. The van der Waals surface area contributed by atoms with Crippen molar-refractivity contribution in [1.82, 2.24) is 9.80 Å². The Balaban J connectivity index is 0.00000151. The summed E-state index contributed by atoms with van der Waals surface area (Å²) in [7, 11) is 0. The van der Waals surface area contributed by atoms with E-state index in [-0.39, 0.29) is 33.8 Å². The Morgan fingerprint density at radius 3 is 1.28 bits per heavy atom. The molecule has 0 atom stereocenters. The van der Waals surface area contributed by atoms with Crippen LogP contribution in [0.1, 0.15) is 113 Å². The zero-order valence-electron chi connectivity index (χ0n) is 24.8. The van der Waals surface area contributed by atoms with Crippen LogP contribution >= 0.6 is 0 Å². The molecule has 4 aliphatic rings. The van der Waals surface area contributed by atoms with Gasteiger partial charge in [0.2, 0.25) is 0 Å². The molecule has 0 aromatic heterocycles. The van der Waals surface area contributed by atoms with Gasteiger partial charge in [-0.15, -0.1) is 0 Å². The third kappa shape index (κ3) is 4.39. The molecule has 0 bridgehead atoms. The molecule has 2 heterocycles. The highest BCUT2D eigenvalue weighted by atomic mass is 16.3. The van der Waals surface area contributed by atoms with E-state index in [1.54, 1.807) is 12.1 Å². The Morgan fingerprint density at radius 2 is 0.949 bits per heavy atom. The Labute approximate surface area is 234 Å². The van der Waals surface area contributed by atoms with Gasteiger partial charge in [0, 0.05) is 29.6 Å². The van der Waals surface area contributed by atoms with Crippen LogP contribution in [0.15, 0.2) is 12.1 Å². The van der Waals surface area contributed by atoms with Crippen molar-refractivity contribution in [3.05, 3.63) is 45.5 Å². The van der Waals surface area contributed by atoms with E-state index in [1.807, 2.05) is 13.8 Å². The standard InChI is InChI=1S/C31H42N2O4.C2H6/c1-29(2)17-31(25-19(15-32-9-5-6-10-32)27(36)23(34)13-21(25)29)18-30(3,4)22-14-24(35)28(37)20(26(22)31)16-33-11-7-8-12-33;1-2/h13-14,34-37H,5-12,15-18H2,1-4H3;1-2H3. The second-order valence-corrected chi connectivity index (χ2v) is 13.5. The summed E-state index contributed by atoms with van der Waals surface area (Å²) in [5.74, 6) is -0.0843. The lowest BCUT2D eigenvalue weighted by atomic mass is 9.70. The maximum atomic E-state index is 11.3. The first-order valence-electron chi connectivity index (χ1n) is 15.1. The number of hydrogen-bond acceptors (Lipinski definition) is 6. The predicted octanol–water partition coefficient (Wildman–Crippen LogP) is 6.38. The monoisotopic (exact) mass is 536 g/mol. The van der Waals surface area contributed by atoms with E-state index in [1.165, 1.54) is 0 Å². The van der Waals surface area contributed by atoms with Crippen LogP contribution in [0.2, 0.25) is 0 Å². The van der Waals surface area contributed by atoms with E-state index < -0.39 is 5.41 Å². The van der Waals surface area contributed by atoms with Crippen LogP contribution in [0.5, 0.6) is 23.0 Å².